The number of nitrogens with zero attached hydrogens (tertiary/aromatic N) is 1. The molecule has 0 bridgehead atoms. The Morgan fingerprint density at radius 1 is 1.15 bits per heavy atom. The summed E-state index contributed by atoms with van der Waals surface area (Å²) in [5, 5.41) is 0. The van der Waals surface area contributed by atoms with Crippen LogP contribution >= 0.6 is 0 Å². The third-order valence-corrected chi connectivity index (χ3v) is 4.63. The van der Waals surface area contributed by atoms with E-state index in [0.717, 1.165) is 56.1 Å². The molecule has 1 aliphatic heterocycles. The highest BCUT2D eigenvalue weighted by Crippen LogP contribution is 2.30. The number of hydrogen-bond acceptors (Lipinski definition) is 4. The summed E-state index contributed by atoms with van der Waals surface area (Å²) in [6, 6.07) is 12.7. The predicted molar refractivity (Wildman–Crippen MR) is 99.4 cm³/mol. The van der Waals surface area contributed by atoms with Crippen LogP contribution in [0.2, 0.25) is 0 Å². The maximum Gasteiger partial charge on any atom is 0.165 e. The third kappa shape index (κ3) is 4.96. The highest BCUT2D eigenvalue weighted by molar-refractivity contribution is 5.33. The molecule has 0 aromatic heterocycles. The molecule has 4 nitrogen and oxygen atoms in total. The highest BCUT2D eigenvalue weighted by atomic mass is 19.1. The molecule has 1 unspecified atom stereocenters. The van der Waals surface area contributed by atoms with E-state index in [0.29, 0.717) is 5.75 Å². The minimum absolute atomic E-state index is 0.246. The van der Waals surface area contributed by atoms with Gasteiger partial charge in [-0.2, -0.15) is 0 Å². The van der Waals surface area contributed by atoms with Gasteiger partial charge in [0.05, 0.1) is 20.3 Å². The van der Waals surface area contributed by atoms with Crippen molar-refractivity contribution >= 4 is 0 Å². The van der Waals surface area contributed by atoms with Crippen molar-refractivity contribution in [1.82, 2.24) is 4.90 Å². The first-order chi connectivity index (χ1) is 12.7. The molecule has 0 amide bonds. The summed E-state index contributed by atoms with van der Waals surface area (Å²) >= 11 is 0. The lowest BCUT2D eigenvalue weighted by Gasteiger charge is -2.29. The van der Waals surface area contributed by atoms with Gasteiger partial charge >= 0.3 is 0 Å². The Kier molecular flexibility index (Phi) is 6.47. The van der Waals surface area contributed by atoms with E-state index >= 15 is 0 Å². The molecule has 1 fully saturated rings. The summed E-state index contributed by atoms with van der Waals surface area (Å²) in [4.78, 5) is 2.35. The van der Waals surface area contributed by atoms with Crippen molar-refractivity contribution in [3.63, 3.8) is 0 Å². The molecule has 3 rings (SSSR count). The zero-order valence-electron chi connectivity index (χ0n) is 15.4. The highest BCUT2D eigenvalue weighted by Gasteiger charge is 2.19. The fourth-order valence-electron chi connectivity index (χ4n) is 3.11. The van der Waals surface area contributed by atoms with E-state index in [9.17, 15) is 4.39 Å². The maximum absolute atomic E-state index is 14.2. The molecule has 0 saturated carbocycles. The Morgan fingerprint density at radius 2 is 1.96 bits per heavy atom. The van der Waals surface area contributed by atoms with E-state index in [1.807, 2.05) is 31.2 Å². The van der Waals surface area contributed by atoms with Gasteiger partial charge in [0, 0.05) is 26.1 Å². The summed E-state index contributed by atoms with van der Waals surface area (Å²) in [7, 11) is 1.64. The monoisotopic (exact) mass is 359 g/mol. The van der Waals surface area contributed by atoms with Gasteiger partial charge in [0.15, 0.2) is 11.6 Å². The maximum atomic E-state index is 14.2. The van der Waals surface area contributed by atoms with Crippen LogP contribution in [0, 0.1) is 12.7 Å². The quantitative estimate of drug-likeness (QED) is 0.748. The Hall–Kier alpha value is -2.11. The van der Waals surface area contributed by atoms with Gasteiger partial charge in [-0.15, -0.1) is 0 Å². The number of hydrogen-bond donors (Lipinski definition) is 0. The molecule has 2 aromatic carbocycles. The van der Waals surface area contributed by atoms with E-state index in [1.165, 1.54) is 6.07 Å². The molecule has 0 N–H and O–H groups in total. The van der Waals surface area contributed by atoms with Gasteiger partial charge in [-0.05, 0) is 42.3 Å². The van der Waals surface area contributed by atoms with Crippen LogP contribution in [-0.4, -0.2) is 44.9 Å². The molecule has 26 heavy (non-hydrogen) atoms. The minimum Gasteiger partial charge on any atom is -0.497 e. The van der Waals surface area contributed by atoms with Gasteiger partial charge in [-0.1, -0.05) is 18.2 Å². The van der Waals surface area contributed by atoms with Crippen LogP contribution in [0.5, 0.6) is 11.5 Å². The van der Waals surface area contributed by atoms with E-state index in [2.05, 4.69) is 4.90 Å². The van der Waals surface area contributed by atoms with Crippen LogP contribution in [0.1, 0.15) is 23.7 Å². The van der Waals surface area contributed by atoms with Crippen LogP contribution in [-0.2, 0) is 4.74 Å². The van der Waals surface area contributed by atoms with Crippen molar-refractivity contribution in [3.05, 3.63) is 59.4 Å². The van der Waals surface area contributed by atoms with E-state index in [4.69, 9.17) is 14.2 Å². The minimum atomic E-state index is -0.338. The largest absolute Gasteiger partial charge is 0.497 e. The summed E-state index contributed by atoms with van der Waals surface area (Å²) in [6.45, 7) is 6.17. The molecule has 1 heterocycles. The van der Waals surface area contributed by atoms with Crippen LogP contribution in [0.25, 0.3) is 0 Å². The molecule has 2 aromatic rings. The lowest BCUT2D eigenvalue weighted by atomic mass is 10.1. The number of benzene rings is 2. The molecule has 0 radical (unpaired) electrons. The molecule has 1 atom stereocenters. The lowest BCUT2D eigenvalue weighted by molar-refractivity contribution is 0.0315. The van der Waals surface area contributed by atoms with Gasteiger partial charge in [-0.25, -0.2) is 4.39 Å². The summed E-state index contributed by atoms with van der Waals surface area (Å²) < 4.78 is 31.1. The summed E-state index contributed by atoms with van der Waals surface area (Å²) in [5.41, 5.74) is 1.96. The Bertz CT molecular complexity index is 716. The van der Waals surface area contributed by atoms with E-state index in [-0.39, 0.29) is 11.9 Å². The van der Waals surface area contributed by atoms with Gasteiger partial charge < -0.3 is 14.2 Å². The first-order valence-corrected chi connectivity index (χ1v) is 9.02. The van der Waals surface area contributed by atoms with Gasteiger partial charge in [0.2, 0.25) is 0 Å². The second-order valence-corrected chi connectivity index (χ2v) is 6.56. The summed E-state index contributed by atoms with van der Waals surface area (Å²) in [6.07, 6.45) is 0.518. The Labute approximate surface area is 154 Å². The smallest absolute Gasteiger partial charge is 0.165 e. The third-order valence-electron chi connectivity index (χ3n) is 4.63. The topological polar surface area (TPSA) is 30.9 Å². The second-order valence-electron chi connectivity index (χ2n) is 6.56. The van der Waals surface area contributed by atoms with Gasteiger partial charge in [-0.3, -0.25) is 4.90 Å². The molecular weight excluding hydrogens is 333 g/mol. The number of halogens is 1. The van der Waals surface area contributed by atoms with Crippen molar-refractivity contribution in [3.8, 4) is 11.5 Å². The van der Waals surface area contributed by atoms with Crippen LogP contribution in [0.3, 0.4) is 0 Å². The lowest BCUT2D eigenvalue weighted by Crippen LogP contribution is -2.37. The first-order valence-electron chi connectivity index (χ1n) is 9.02. The van der Waals surface area contributed by atoms with Crippen LogP contribution in [0.4, 0.5) is 4.39 Å². The molecule has 0 spiro atoms. The van der Waals surface area contributed by atoms with E-state index in [1.54, 1.807) is 19.2 Å². The fourth-order valence-corrected chi connectivity index (χ4v) is 3.11. The number of rotatable bonds is 7. The second kappa shape index (κ2) is 9.01. The molecule has 0 aliphatic carbocycles. The summed E-state index contributed by atoms with van der Waals surface area (Å²) in [5.74, 6) is 0.724. The van der Waals surface area contributed by atoms with Crippen molar-refractivity contribution < 1.29 is 18.6 Å². The predicted octanol–water partition coefficient (Wildman–Crippen LogP) is 3.99. The first kappa shape index (κ1) is 18.7. The van der Waals surface area contributed by atoms with Crippen LogP contribution in [0.15, 0.2) is 42.5 Å². The zero-order chi connectivity index (χ0) is 18.4. The average molecular weight is 359 g/mol. The molecule has 5 heteroatoms. The van der Waals surface area contributed by atoms with Gasteiger partial charge in [0.25, 0.3) is 0 Å². The zero-order valence-corrected chi connectivity index (χ0v) is 15.4. The number of methoxy groups -OCH3 is 1. The SMILES string of the molecule is COc1cccc(C(CCN2CCOCC2)Oc2cc(C)ccc2F)c1. The van der Waals surface area contributed by atoms with Crippen molar-refractivity contribution in [2.45, 2.75) is 19.4 Å². The molecular formula is C21H26FNO3. The Morgan fingerprint density at radius 3 is 2.73 bits per heavy atom. The van der Waals surface area contributed by atoms with Crippen molar-refractivity contribution in [2.24, 2.45) is 0 Å². The average Bonchev–Trinajstić information content (AvgIpc) is 2.68. The van der Waals surface area contributed by atoms with Crippen LogP contribution < -0.4 is 9.47 Å². The standard InChI is InChI=1S/C21H26FNO3/c1-16-6-7-19(22)21(14-16)26-20(8-9-23-10-12-25-13-11-23)17-4-3-5-18(15-17)24-2/h3-7,14-15,20H,8-13H2,1-2H3. The normalized spacial score (nSPS) is 16.3. The fraction of sp³-hybridized carbons (Fsp3) is 0.429. The Balaban J connectivity index is 1.78. The molecule has 1 saturated heterocycles. The molecule has 140 valence electrons. The number of ether oxygens (including phenoxy) is 3. The van der Waals surface area contributed by atoms with Crippen molar-refractivity contribution in [2.75, 3.05) is 40.0 Å². The molecule has 1 aliphatic rings. The number of morpholine rings is 1. The van der Waals surface area contributed by atoms with E-state index < -0.39 is 0 Å². The number of aryl methyl sites for hydroxylation is 1. The van der Waals surface area contributed by atoms with Gasteiger partial charge in [0.1, 0.15) is 11.9 Å². The van der Waals surface area contributed by atoms with Crippen molar-refractivity contribution in [1.29, 1.82) is 0 Å².